The van der Waals surface area contributed by atoms with Crippen molar-refractivity contribution in [3.05, 3.63) is 63.1 Å². The van der Waals surface area contributed by atoms with Gasteiger partial charge in [0, 0.05) is 19.2 Å². The Hall–Kier alpha value is -3.09. The van der Waals surface area contributed by atoms with Crippen LogP contribution in [0.5, 0.6) is 0 Å². The van der Waals surface area contributed by atoms with Crippen LogP contribution in [0.2, 0.25) is 0 Å². The van der Waals surface area contributed by atoms with E-state index in [4.69, 9.17) is 10.2 Å². The van der Waals surface area contributed by atoms with E-state index < -0.39 is 4.92 Å². The van der Waals surface area contributed by atoms with Crippen LogP contribution in [0.3, 0.4) is 0 Å². The van der Waals surface area contributed by atoms with Gasteiger partial charge in [0.15, 0.2) is 5.76 Å². The number of anilines is 1. The minimum atomic E-state index is -0.468. The average Bonchev–Trinajstić information content (AvgIpc) is 3.03. The molecule has 0 saturated heterocycles. The Morgan fingerprint density at radius 2 is 2.08 bits per heavy atom. The van der Waals surface area contributed by atoms with Crippen LogP contribution < -0.4 is 5.73 Å². The smallest absolute Gasteiger partial charge is 0.292 e. The van der Waals surface area contributed by atoms with Gasteiger partial charge in [-0.2, -0.15) is 0 Å². The summed E-state index contributed by atoms with van der Waals surface area (Å²) in [6, 6.07) is 6.78. The minimum Gasteiger partial charge on any atom is -0.456 e. The maximum absolute atomic E-state index is 12.4. The van der Waals surface area contributed by atoms with E-state index in [1.165, 1.54) is 6.07 Å². The number of nitrogens with two attached hydrogens (primary N) is 1. The van der Waals surface area contributed by atoms with Crippen LogP contribution in [0.4, 0.5) is 11.4 Å². The van der Waals surface area contributed by atoms with E-state index in [0.29, 0.717) is 36.6 Å². The van der Waals surface area contributed by atoms with E-state index in [-0.39, 0.29) is 17.3 Å². The van der Waals surface area contributed by atoms with Gasteiger partial charge in [-0.05, 0) is 55.2 Å². The number of hydrogen-bond donors (Lipinski definition) is 1. The number of aryl methyl sites for hydroxylation is 2. The van der Waals surface area contributed by atoms with Gasteiger partial charge in [0.25, 0.3) is 11.6 Å². The van der Waals surface area contributed by atoms with Crippen LogP contribution in [0.25, 0.3) is 5.57 Å². The second kappa shape index (κ2) is 6.43. The zero-order valence-corrected chi connectivity index (χ0v) is 14.1. The van der Waals surface area contributed by atoms with Crippen molar-refractivity contribution < 1.29 is 14.1 Å². The molecule has 7 heteroatoms. The third-order valence-corrected chi connectivity index (χ3v) is 4.38. The molecule has 1 aromatic carbocycles. The van der Waals surface area contributed by atoms with Crippen LogP contribution >= 0.6 is 0 Å². The van der Waals surface area contributed by atoms with Crippen LogP contribution in [0.15, 0.2) is 34.8 Å². The lowest BCUT2D eigenvalue weighted by atomic mass is 9.96. The molecule has 1 aliphatic rings. The molecule has 1 amide bonds. The van der Waals surface area contributed by atoms with E-state index in [2.05, 4.69) is 0 Å². The number of amides is 1. The van der Waals surface area contributed by atoms with Gasteiger partial charge in [-0.3, -0.25) is 14.9 Å². The predicted octanol–water partition coefficient (Wildman–Crippen LogP) is 3.32. The van der Waals surface area contributed by atoms with Gasteiger partial charge in [-0.25, -0.2) is 0 Å². The first-order chi connectivity index (χ1) is 11.9. The molecule has 2 N–H and O–H groups in total. The number of benzene rings is 1. The van der Waals surface area contributed by atoms with Crippen molar-refractivity contribution in [2.24, 2.45) is 0 Å². The second-order valence-electron chi connectivity index (χ2n) is 6.12. The molecule has 2 heterocycles. The summed E-state index contributed by atoms with van der Waals surface area (Å²) in [6.07, 6.45) is 2.54. The van der Waals surface area contributed by atoms with E-state index in [9.17, 15) is 14.9 Å². The maximum Gasteiger partial charge on any atom is 0.292 e. The lowest BCUT2D eigenvalue weighted by molar-refractivity contribution is -0.383. The summed E-state index contributed by atoms with van der Waals surface area (Å²) in [5.41, 5.74) is 8.32. The molecular weight excluding hydrogens is 322 g/mol. The van der Waals surface area contributed by atoms with E-state index >= 15 is 0 Å². The van der Waals surface area contributed by atoms with Gasteiger partial charge >= 0.3 is 0 Å². The maximum atomic E-state index is 12.4. The predicted molar refractivity (Wildman–Crippen MR) is 94.2 cm³/mol. The lowest BCUT2D eigenvalue weighted by Gasteiger charge is -2.26. The van der Waals surface area contributed by atoms with Crippen molar-refractivity contribution in [3.63, 3.8) is 0 Å². The Balaban J connectivity index is 1.81. The fraction of sp³-hybridized carbons (Fsp3) is 0.278. The van der Waals surface area contributed by atoms with Gasteiger partial charge in [0.2, 0.25) is 0 Å². The summed E-state index contributed by atoms with van der Waals surface area (Å²) in [5, 5.41) is 11.2. The number of hydrogen-bond acceptors (Lipinski definition) is 5. The van der Waals surface area contributed by atoms with Crippen LogP contribution in [0, 0.1) is 24.0 Å². The number of carbonyl (C=O) groups excluding carboxylic acids is 1. The van der Waals surface area contributed by atoms with Crippen molar-refractivity contribution in [3.8, 4) is 0 Å². The Bertz CT molecular complexity index is 882. The highest BCUT2D eigenvalue weighted by atomic mass is 16.6. The summed E-state index contributed by atoms with van der Waals surface area (Å²) >= 11 is 0. The molecule has 0 spiro atoms. The molecule has 25 heavy (non-hydrogen) atoms. The number of nitrogen functional groups attached to an aromatic ring is 1. The average molecular weight is 341 g/mol. The SMILES string of the molecule is Cc1ccc(C(=O)N2CC=C(c3cc(C)c(N)c([N+](=O)[O-])c3)CC2)o1. The van der Waals surface area contributed by atoms with Crippen LogP contribution in [0.1, 0.15) is 33.9 Å². The molecule has 1 aliphatic heterocycles. The molecule has 0 atom stereocenters. The summed E-state index contributed by atoms with van der Waals surface area (Å²) < 4.78 is 5.38. The Labute approximate surface area is 144 Å². The first-order valence-corrected chi connectivity index (χ1v) is 7.96. The third-order valence-electron chi connectivity index (χ3n) is 4.38. The van der Waals surface area contributed by atoms with Gasteiger partial charge in [0.05, 0.1) is 4.92 Å². The summed E-state index contributed by atoms with van der Waals surface area (Å²) in [5.74, 6) is 0.873. The van der Waals surface area contributed by atoms with Gasteiger partial charge in [0.1, 0.15) is 11.4 Å². The highest BCUT2D eigenvalue weighted by molar-refractivity contribution is 5.92. The number of carbonyl (C=O) groups is 1. The minimum absolute atomic E-state index is 0.0829. The Morgan fingerprint density at radius 3 is 2.64 bits per heavy atom. The molecule has 0 saturated carbocycles. The van der Waals surface area contributed by atoms with Crippen molar-refractivity contribution in [2.75, 3.05) is 18.8 Å². The van der Waals surface area contributed by atoms with Gasteiger partial charge in [-0.1, -0.05) is 6.08 Å². The molecule has 0 fully saturated rings. The molecule has 130 valence electrons. The van der Waals surface area contributed by atoms with E-state index in [1.54, 1.807) is 30.9 Å². The molecule has 0 unspecified atom stereocenters. The Morgan fingerprint density at radius 1 is 1.32 bits per heavy atom. The first kappa shape index (κ1) is 16.8. The molecular formula is C18H19N3O4. The molecule has 0 aliphatic carbocycles. The molecule has 7 nitrogen and oxygen atoms in total. The fourth-order valence-corrected chi connectivity index (χ4v) is 2.94. The van der Waals surface area contributed by atoms with Gasteiger partial charge < -0.3 is 15.1 Å². The molecule has 3 rings (SSSR count). The van der Waals surface area contributed by atoms with E-state index in [0.717, 1.165) is 11.1 Å². The zero-order chi connectivity index (χ0) is 18.1. The monoisotopic (exact) mass is 341 g/mol. The topological polar surface area (TPSA) is 103 Å². The molecule has 2 aromatic rings. The Kier molecular flexibility index (Phi) is 4.31. The number of nitro benzene ring substituents is 1. The van der Waals surface area contributed by atoms with Crippen molar-refractivity contribution in [1.29, 1.82) is 0 Å². The molecule has 1 aromatic heterocycles. The van der Waals surface area contributed by atoms with E-state index in [1.807, 2.05) is 12.1 Å². The quantitative estimate of drug-likeness (QED) is 0.524. The normalized spacial score (nSPS) is 14.3. The van der Waals surface area contributed by atoms with Crippen molar-refractivity contribution >= 4 is 22.9 Å². The van der Waals surface area contributed by atoms with Crippen molar-refractivity contribution in [1.82, 2.24) is 4.90 Å². The number of nitrogens with zero attached hydrogens (tertiary/aromatic N) is 2. The summed E-state index contributed by atoms with van der Waals surface area (Å²) in [7, 11) is 0. The molecule has 0 bridgehead atoms. The number of furan rings is 1. The molecule has 0 radical (unpaired) electrons. The summed E-state index contributed by atoms with van der Waals surface area (Å²) in [4.78, 5) is 24.8. The summed E-state index contributed by atoms with van der Waals surface area (Å²) in [6.45, 7) is 4.51. The zero-order valence-electron chi connectivity index (χ0n) is 14.1. The van der Waals surface area contributed by atoms with Crippen LogP contribution in [-0.2, 0) is 0 Å². The highest BCUT2D eigenvalue weighted by Gasteiger charge is 2.23. The standard InChI is InChI=1S/C18H19N3O4/c1-11-9-14(10-15(17(11)19)21(23)24)13-5-7-20(8-6-13)18(22)16-4-3-12(2)25-16/h3-5,9-10H,6-8,19H2,1-2H3. The van der Waals surface area contributed by atoms with Gasteiger partial charge in [-0.15, -0.1) is 0 Å². The fourth-order valence-electron chi connectivity index (χ4n) is 2.94. The van der Waals surface area contributed by atoms with Crippen molar-refractivity contribution in [2.45, 2.75) is 20.3 Å². The lowest BCUT2D eigenvalue weighted by Crippen LogP contribution is -2.34. The highest BCUT2D eigenvalue weighted by Crippen LogP contribution is 2.32. The second-order valence-corrected chi connectivity index (χ2v) is 6.12. The largest absolute Gasteiger partial charge is 0.456 e. The van der Waals surface area contributed by atoms with Crippen LogP contribution in [-0.4, -0.2) is 28.8 Å². The number of nitro groups is 1. The third kappa shape index (κ3) is 3.26. The number of rotatable bonds is 3. The first-order valence-electron chi connectivity index (χ1n) is 7.96.